The van der Waals surface area contributed by atoms with Crippen molar-refractivity contribution in [2.24, 2.45) is 0 Å². The van der Waals surface area contributed by atoms with Crippen LogP contribution in [0.5, 0.6) is 0 Å². The van der Waals surface area contributed by atoms with Gasteiger partial charge in [-0.25, -0.2) is 0 Å². The van der Waals surface area contributed by atoms with E-state index in [-0.39, 0.29) is 22.0 Å². The Morgan fingerprint density at radius 2 is 1.77 bits per heavy atom. The van der Waals surface area contributed by atoms with Crippen molar-refractivity contribution in [2.75, 3.05) is 19.0 Å². The molecule has 0 aromatic heterocycles. The third-order valence-electron chi connectivity index (χ3n) is 3.46. The molecule has 1 aliphatic rings. The van der Waals surface area contributed by atoms with Gasteiger partial charge in [-0.2, -0.15) is 13.2 Å². The van der Waals surface area contributed by atoms with Crippen LogP contribution < -0.4 is 4.90 Å². The second kappa shape index (κ2) is 6.34. The SMILES string of the molecule is CN(C)c1cccc(C(F)(F)F)c1C1CC(Cl)=C(Cl)C=C1Cl. The molecule has 0 saturated heterocycles. The number of halogens is 6. The van der Waals surface area contributed by atoms with Crippen molar-refractivity contribution in [2.45, 2.75) is 18.5 Å². The van der Waals surface area contributed by atoms with Crippen molar-refractivity contribution in [1.29, 1.82) is 0 Å². The van der Waals surface area contributed by atoms with Crippen molar-refractivity contribution in [3.05, 3.63) is 50.5 Å². The molecule has 1 nitrogen and oxygen atoms in total. The first-order valence-electron chi connectivity index (χ1n) is 6.41. The summed E-state index contributed by atoms with van der Waals surface area (Å²) in [6.07, 6.45) is -2.92. The summed E-state index contributed by atoms with van der Waals surface area (Å²) in [4.78, 5) is 1.63. The van der Waals surface area contributed by atoms with Crippen molar-refractivity contribution >= 4 is 40.5 Å². The maximum atomic E-state index is 13.4. The molecule has 1 aromatic carbocycles. The van der Waals surface area contributed by atoms with Crippen molar-refractivity contribution < 1.29 is 13.2 Å². The second-order valence-electron chi connectivity index (χ2n) is 5.17. The zero-order valence-corrected chi connectivity index (χ0v) is 14.1. The summed E-state index contributed by atoms with van der Waals surface area (Å²) < 4.78 is 40.2. The molecule has 0 amide bonds. The lowest BCUT2D eigenvalue weighted by molar-refractivity contribution is -0.138. The number of alkyl halides is 3. The smallest absolute Gasteiger partial charge is 0.377 e. The lowest BCUT2D eigenvalue weighted by atomic mass is 9.86. The summed E-state index contributed by atoms with van der Waals surface area (Å²) in [5.41, 5.74) is -0.143. The molecule has 120 valence electrons. The van der Waals surface area contributed by atoms with E-state index in [1.165, 1.54) is 12.1 Å². The summed E-state index contributed by atoms with van der Waals surface area (Å²) in [6, 6.07) is 4.06. The highest BCUT2D eigenvalue weighted by molar-refractivity contribution is 6.42. The first-order valence-corrected chi connectivity index (χ1v) is 7.55. The highest BCUT2D eigenvalue weighted by atomic mass is 35.5. The minimum atomic E-state index is -4.48. The van der Waals surface area contributed by atoms with E-state index in [1.807, 2.05) is 0 Å². The summed E-state index contributed by atoms with van der Waals surface area (Å²) >= 11 is 18.1. The average molecular weight is 371 g/mol. The Hall–Kier alpha value is -0.840. The molecule has 0 heterocycles. The first kappa shape index (κ1) is 17.5. The minimum absolute atomic E-state index is 0.114. The van der Waals surface area contributed by atoms with Crippen molar-refractivity contribution in [3.8, 4) is 0 Å². The standard InChI is InChI=1S/C15H13Cl3F3N/c1-22(2)13-5-3-4-9(15(19,20)21)14(13)8-6-11(17)12(18)7-10(8)16/h3-5,7-8H,6H2,1-2H3. The van der Waals surface area contributed by atoms with Crippen molar-refractivity contribution in [1.82, 2.24) is 0 Å². The summed E-state index contributed by atoms with van der Waals surface area (Å²) in [5.74, 6) is -0.674. The molecule has 0 bridgehead atoms. The van der Waals surface area contributed by atoms with Crippen molar-refractivity contribution in [3.63, 3.8) is 0 Å². The van der Waals surface area contributed by atoms with Gasteiger partial charge in [0, 0.05) is 35.8 Å². The van der Waals surface area contributed by atoms with E-state index >= 15 is 0 Å². The van der Waals surface area contributed by atoms with Crippen LogP contribution in [-0.2, 0) is 6.18 Å². The molecule has 0 spiro atoms. The number of allylic oxidation sites excluding steroid dienone is 4. The highest BCUT2D eigenvalue weighted by Crippen LogP contribution is 2.48. The zero-order chi connectivity index (χ0) is 16.7. The Morgan fingerprint density at radius 1 is 1.14 bits per heavy atom. The molecule has 0 fully saturated rings. The number of anilines is 1. The van der Waals surface area contributed by atoms with E-state index in [0.717, 1.165) is 6.07 Å². The molecule has 22 heavy (non-hydrogen) atoms. The van der Waals surface area contributed by atoms with Crippen LogP contribution in [0.4, 0.5) is 18.9 Å². The van der Waals surface area contributed by atoms with Crippen LogP contribution in [0.15, 0.2) is 39.4 Å². The molecular weight excluding hydrogens is 358 g/mol. The predicted molar refractivity (Wildman–Crippen MR) is 85.8 cm³/mol. The number of nitrogens with zero attached hydrogens (tertiary/aromatic N) is 1. The summed E-state index contributed by atoms with van der Waals surface area (Å²) in [6.45, 7) is 0. The number of hydrogen-bond donors (Lipinski definition) is 0. The third kappa shape index (κ3) is 3.39. The highest BCUT2D eigenvalue weighted by Gasteiger charge is 2.38. The van der Waals surface area contributed by atoms with Gasteiger partial charge >= 0.3 is 6.18 Å². The Kier molecular flexibility index (Phi) is 5.05. The second-order valence-corrected chi connectivity index (χ2v) is 6.47. The first-order chi connectivity index (χ1) is 10.1. The Labute approximate surface area is 141 Å². The van der Waals surface area contributed by atoms with Crippen LogP contribution in [0, 0.1) is 0 Å². The zero-order valence-electron chi connectivity index (χ0n) is 11.8. The van der Waals surface area contributed by atoms with Gasteiger partial charge in [-0.15, -0.1) is 0 Å². The minimum Gasteiger partial charge on any atom is -0.377 e. The molecule has 0 aliphatic heterocycles. The monoisotopic (exact) mass is 369 g/mol. The molecular formula is C15H13Cl3F3N. The molecule has 1 unspecified atom stereocenters. The lowest BCUT2D eigenvalue weighted by Gasteiger charge is -2.29. The lowest BCUT2D eigenvalue weighted by Crippen LogP contribution is -2.20. The molecule has 2 rings (SSSR count). The molecule has 1 atom stereocenters. The van der Waals surface area contributed by atoms with E-state index in [4.69, 9.17) is 34.8 Å². The van der Waals surface area contributed by atoms with Crippen LogP contribution >= 0.6 is 34.8 Å². The maximum absolute atomic E-state index is 13.4. The molecule has 0 saturated carbocycles. The Morgan fingerprint density at radius 3 is 2.32 bits per heavy atom. The fraction of sp³-hybridized carbons (Fsp3) is 0.333. The molecule has 0 N–H and O–H groups in total. The predicted octanol–water partition coefficient (Wildman–Crippen LogP) is 6.07. The summed E-state index contributed by atoms with van der Waals surface area (Å²) in [5, 5.41) is 0.811. The van der Waals surface area contributed by atoms with E-state index in [9.17, 15) is 13.2 Å². The van der Waals surface area contributed by atoms with Crippen LogP contribution in [0.2, 0.25) is 0 Å². The van der Waals surface area contributed by atoms with Gasteiger partial charge in [0.25, 0.3) is 0 Å². The van der Waals surface area contributed by atoms with Gasteiger partial charge in [-0.05, 0) is 30.2 Å². The van der Waals surface area contributed by atoms with Gasteiger partial charge < -0.3 is 4.90 Å². The number of benzene rings is 1. The van der Waals surface area contributed by atoms with Gasteiger partial charge in [0.2, 0.25) is 0 Å². The molecule has 7 heteroatoms. The van der Waals surface area contributed by atoms with Crippen LogP contribution in [0.25, 0.3) is 0 Å². The Balaban J connectivity index is 2.66. The summed E-state index contributed by atoms with van der Waals surface area (Å²) in [7, 11) is 3.37. The fourth-order valence-corrected chi connectivity index (χ4v) is 3.23. The van der Waals surface area contributed by atoms with Gasteiger partial charge in [0.15, 0.2) is 0 Å². The van der Waals surface area contributed by atoms with Gasteiger partial charge in [0.1, 0.15) is 0 Å². The molecule has 1 aromatic rings. The van der Waals surface area contributed by atoms with E-state index in [1.54, 1.807) is 25.1 Å². The number of rotatable bonds is 2. The van der Waals surface area contributed by atoms with Crippen LogP contribution in [-0.4, -0.2) is 14.1 Å². The van der Waals surface area contributed by atoms with Crippen LogP contribution in [0.1, 0.15) is 23.5 Å². The fourth-order valence-electron chi connectivity index (χ4n) is 2.47. The van der Waals surface area contributed by atoms with E-state index < -0.39 is 17.7 Å². The van der Waals surface area contributed by atoms with E-state index in [0.29, 0.717) is 10.7 Å². The largest absolute Gasteiger partial charge is 0.416 e. The maximum Gasteiger partial charge on any atom is 0.416 e. The van der Waals surface area contributed by atoms with E-state index in [2.05, 4.69) is 0 Å². The third-order valence-corrected chi connectivity index (χ3v) is 4.62. The van der Waals surface area contributed by atoms with Gasteiger partial charge in [-0.3, -0.25) is 0 Å². The van der Waals surface area contributed by atoms with Gasteiger partial charge in [0.05, 0.1) is 10.6 Å². The topological polar surface area (TPSA) is 3.24 Å². The van der Waals surface area contributed by atoms with Gasteiger partial charge in [-0.1, -0.05) is 40.9 Å². The number of hydrogen-bond acceptors (Lipinski definition) is 1. The average Bonchev–Trinajstić information content (AvgIpc) is 2.41. The Bertz CT molecular complexity index is 648. The quantitative estimate of drug-likeness (QED) is 0.610. The molecule has 1 aliphatic carbocycles. The van der Waals surface area contributed by atoms with Crippen LogP contribution in [0.3, 0.4) is 0 Å². The molecule has 0 radical (unpaired) electrons. The normalized spacial score (nSPS) is 19.3.